The molecule has 0 radical (unpaired) electrons. The molecule has 0 fully saturated rings. The molecule has 0 saturated carbocycles. The molecule has 304 valence electrons. The Kier molecular flexibility index (Phi) is 21.5. The Morgan fingerprint density at radius 2 is 0.921 bits per heavy atom. The monoisotopic (exact) mass is 851 g/mol. The third kappa shape index (κ3) is 22.6. The molecular formula is C54H45N7SSi+2. The van der Waals surface area contributed by atoms with Crippen molar-refractivity contribution in [2.24, 2.45) is 15.9 Å². The van der Waals surface area contributed by atoms with Crippen molar-refractivity contribution >= 4 is 24.7 Å². The van der Waals surface area contributed by atoms with E-state index in [1.807, 2.05) is 42.5 Å². The van der Waals surface area contributed by atoms with Crippen LogP contribution in [0.3, 0.4) is 0 Å². The molecule has 4 aromatic carbocycles. The molecule has 1 aliphatic rings. The number of nitriles is 4. The summed E-state index contributed by atoms with van der Waals surface area (Å²) in [6, 6.07) is 37.0. The van der Waals surface area contributed by atoms with E-state index >= 15 is 0 Å². The van der Waals surface area contributed by atoms with Gasteiger partial charge in [-0.3, -0.25) is 0 Å². The standard InChI is InChI=1S/C20H22NS.C14H13NSi.C11H5N.C9H5N4/c1-19(2)11-12-20(3,4)16-22(15-19)14-18-9-7-17(8-10-18)6-5-13-21;1-16(2,3)12-10-14-8-6-13(7-9-14)5-4-11-15;1-2-10-5-7-11(8-6-10)4-3-9-12;10-7-1-2-8-3-5-9(6-4-8)12-13-11/h7-10H,14-16H2,1-4H3;6-9H,1-3H3;1,5-8H;3-6,11H/q+1;;;+1. The van der Waals surface area contributed by atoms with Crippen LogP contribution in [0.25, 0.3) is 0 Å². The zero-order valence-corrected chi connectivity index (χ0v) is 38.3. The molecule has 0 unspecified atom stereocenters. The molecule has 0 atom stereocenters. The second-order valence-corrected chi connectivity index (χ2v) is 22.6. The van der Waals surface area contributed by atoms with Crippen molar-refractivity contribution in [3.05, 3.63) is 136 Å². The van der Waals surface area contributed by atoms with E-state index in [2.05, 4.69) is 146 Å². The Labute approximate surface area is 378 Å². The average Bonchev–Trinajstić information content (AvgIpc) is 3.37. The highest BCUT2D eigenvalue weighted by molar-refractivity contribution is 7.96. The van der Waals surface area contributed by atoms with Crippen molar-refractivity contribution in [2.75, 3.05) is 11.5 Å². The second-order valence-electron chi connectivity index (χ2n) is 15.8. The minimum atomic E-state index is -1.31. The van der Waals surface area contributed by atoms with Gasteiger partial charge in [-0.05, 0) is 124 Å². The first-order chi connectivity index (χ1) is 30.0. The van der Waals surface area contributed by atoms with Crippen molar-refractivity contribution in [3.63, 3.8) is 0 Å². The van der Waals surface area contributed by atoms with Crippen LogP contribution in [0, 0.1) is 145 Å². The first-order valence-electron chi connectivity index (χ1n) is 19.3. The zero-order valence-electron chi connectivity index (χ0n) is 36.5. The third-order valence-electron chi connectivity index (χ3n) is 7.80. The number of terminal acetylenes is 1. The van der Waals surface area contributed by atoms with Crippen molar-refractivity contribution in [1.29, 1.82) is 26.6 Å². The second kappa shape index (κ2) is 26.7. The summed E-state index contributed by atoms with van der Waals surface area (Å²) in [6.45, 7) is 15.7. The van der Waals surface area contributed by atoms with E-state index in [1.54, 1.807) is 66.7 Å². The number of hydrogen-bond acceptors (Lipinski definition) is 6. The molecule has 4 aromatic rings. The van der Waals surface area contributed by atoms with Gasteiger partial charge in [0.2, 0.25) is 4.91 Å². The molecule has 63 heavy (non-hydrogen) atoms. The fourth-order valence-electron chi connectivity index (χ4n) is 5.12. The molecule has 5 rings (SSSR count). The van der Waals surface area contributed by atoms with Gasteiger partial charge >= 0.3 is 0 Å². The molecule has 0 aromatic heterocycles. The van der Waals surface area contributed by atoms with Crippen LogP contribution in [0.4, 0.5) is 5.69 Å². The number of nitrogens with zero attached hydrogens (tertiary/aromatic N) is 6. The molecule has 0 aliphatic carbocycles. The highest BCUT2D eigenvalue weighted by atomic mass is 32.2. The van der Waals surface area contributed by atoms with Crippen LogP contribution in [0.1, 0.15) is 66.6 Å². The predicted molar refractivity (Wildman–Crippen MR) is 257 cm³/mol. The normalized spacial score (nSPS) is 11.8. The van der Waals surface area contributed by atoms with Gasteiger partial charge in [-0.25, -0.2) is 0 Å². The van der Waals surface area contributed by atoms with Gasteiger partial charge in [0.25, 0.3) is 0 Å². The highest BCUT2D eigenvalue weighted by Gasteiger charge is 2.37. The predicted octanol–water partition coefficient (Wildman–Crippen LogP) is 9.83. The van der Waals surface area contributed by atoms with Crippen molar-refractivity contribution in [1.82, 2.24) is 4.91 Å². The summed E-state index contributed by atoms with van der Waals surface area (Å²) in [5.41, 5.74) is 17.1. The van der Waals surface area contributed by atoms with Gasteiger partial charge in [0, 0.05) is 62.6 Å². The fraction of sp³-hybridized carbons (Fsp3) is 0.222. The van der Waals surface area contributed by atoms with Crippen LogP contribution >= 0.6 is 0 Å². The third-order valence-corrected chi connectivity index (χ3v) is 11.7. The van der Waals surface area contributed by atoms with Crippen LogP contribution in [0.15, 0.2) is 102 Å². The smallest absolute Gasteiger partial charge is 0.183 e. The van der Waals surface area contributed by atoms with Crippen molar-refractivity contribution < 1.29 is 0 Å². The summed E-state index contributed by atoms with van der Waals surface area (Å²) in [5, 5.41) is 36.7. The van der Waals surface area contributed by atoms with Gasteiger partial charge in [0.15, 0.2) is 35.1 Å². The lowest BCUT2D eigenvalue weighted by Crippen LogP contribution is -2.28. The Balaban J connectivity index is 0.000000298. The maximum Gasteiger partial charge on any atom is 0.220 e. The molecule has 0 saturated heterocycles. The van der Waals surface area contributed by atoms with Gasteiger partial charge < -0.3 is 0 Å². The van der Waals surface area contributed by atoms with Crippen LogP contribution in [0.2, 0.25) is 19.6 Å². The minimum absolute atomic E-state index is 0.106. The lowest BCUT2D eigenvalue weighted by molar-refractivity contribution is 0.574. The van der Waals surface area contributed by atoms with Crippen molar-refractivity contribution in [3.8, 4) is 107 Å². The van der Waals surface area contributed by atoms with Crippen LogP contribution < -0.4 is 4.91 Å². The molecule has 0 bridgehead atoms. The Bertz CT molecular complexity index is 2840. The molecule has 0 amide bonds. The minimum Gasteiger partial charge on any atom is -0.183 e. The average molecular weight is 852 g/mol. The molecule has 1 N–H and O–H groups in total. The lowest BCUT2D eigenvalue weighted by Gasteiger charge is -2.19. The lowest BCUT2D eigenvalue weighted by atomic mass is 9.92. The summed E-state index contributed by atoms with van der Waals surface area (Å²) in [4.78, 5) is 2.88. The molecule has 9 heteroatoms. The van der Waals surface area contributed by atoms with Gasteiger partial charge in [0.1, 0.15) is 30.9 Å². The van der Waals surface area contributed by atoms with E-state index in [0.29, 0.717) is 16.6 Å². The number of benzene rings is 4. The van der Waals surface area contributed by atoms with E-state index < -0.39 is 8.07 Å². The SMILES string of the molecule is C#Cc1ccc(C#CC#N)cc1.CC1(C)C#CC(C)(C)C[S+](Cc2ccc(C#CC#N)cc2)C1.C[Si](C)(C)C#Cc1ccc(C#CC#N)cc1.N#CC#Cc1ccc(N=[N+]=N)cc1. The van der Waals surface area contributed by atoms with Gasteiger partial charge in [0.05, 0.1) is 10.8 Å². The molecular weight excluding hydrogens is 807 g/mol. The Morgan fingerprint density at radius 3 is 1.25 bits per heavy atom. The highest BCUT2D eigenvalue weighted by Crippen LogP contribution is 2.30. The van der Waals surface area contributed by atoms with Crippen LogP contribution in [0.5, 0.6) is 0 Å². The summed E-state index contributed by atoms with van der Waals surface area (Å²) in [6.07, 6.45) is 5.16. The van der Waals surface area contributed by atoms with E-state index in [4.69, 9.17) is 33.0 Å². The van der Waals surface area contributed by atoms with Gasteiger partial charge in [-0.1, -0.05) is 79.1 Å². The number of nitrogens with one attached hydrogen (secondary N) is 1. The van der Waals surface area contributed by atoms with Crippen LogP contribution in [-0.4, -0.2) is 19.6 Å². The summed E-state index contributed by atoms with van der Waals surface area (Å²) < 4.78 is 0. The number of rotatable bonds is 3. The maximum atomic E-state index is 8.49. The summed E-state index contributed by atoms with van der Waals surface area (Å²) >= 11 is 0. The Morgan fingerprint density at radius 1 is 0.587 bits per heavy atom. The first kappa shape index (κ1) is 50.8. The molecule has 1 aliphatic heterocycles. The summed E-state index contributed by atoms with van der Waals surface area (Å²) in [5.74, 6) is 36.3. The van der Waals surface area contributed by atoms with E-state index in [0.717, 1.165) is 39.1 Å². The van der Waals surface area contributed by atoms with E-state index in [9.17, 15) is 0 Å². The van der Waals surface area contributed by atoms with E-state index in [-0.39, 0.29) is 10.8 Å². The Hall–Kier alpha value is -8.36. The largest absolute Gasteiger partial charge is 0.220 e. The summed E-state index contributed by atoms with van der Waals surface area (Å²) in [7, 11) is -0.984. The quantitative estimate of drug-likeness (QED) is 0.0719. The maximum absolute atomic E-state index is 8.49. The van der Waals surface area contributed by atoms with E-state index in [1.165, 1.54) is 17.1 Å². The van der Waals surface area contributed by atoms with Crippen LogP contribution in [-0.2, 0) is 16.6 Å². The zero-order chi connectivity index (χ0) is 46.6. The fourth-order valence-corrected chi connectivity index (χ4v) is 8.80. The molecule has 7 nitrogen and oxygen atoms in total. The molecule has 0 spiro atoms. The van der Waals surface area contributed by atoms with Crippen molar-refractivity contribution in [2.45, 2.75) is 53.1 Å². The molecule has 1 heterocycles. The first-order valence-corrected chi connectivity index (χ1v) is 24.5. The number of hydrogen-bond donors (Lipinski definition) is 1. The van der Waals surface area contributed by atoms with Gasteiger partial charge in [-0.2, -0.15) is 21.0 Å². The van der Waals surface area contributed by atoms with Gasteiger partial charge in [-0.15, -0.1) is 12.0 Å². The topological polar surface area (TPSA) is 145 Å².